The van der Waals surface area contributed by atoms with Crippen LogP contribution in [-0.4, -0.2) is 34.0 Å². The first-order valence-electron chi connectivity index (χ1n) is 6.47. The van der Waals surface area contributed by atoms with Crippen LogP contribution in [-0.2, 0) is 13.0 Å². The molecule has 2 aromatic rings. The van der Waals surface area contributed by atoms with E-state index in [4.69, 9.17) is 0 Å². The zero-order valence-corrected chi connectivity index (χ0v) is 12.0. The Hall–Kier alpha value is -2.54. The van der Waals surface area contributed by atoms with Gasteiger partial charge in [-0.1, -0.05) is 29.7 Å². The van der Waals surface area contributed by atoms with Crippen molar-refractivity contribution >= 4 is 5.95 Å². The number of aromatic nitrogens is 2. The lowest BCUT2D eigenvalue weighted by Crippen LogP contribution is -2.11. The highest BCUT2D eigenvalue weighted by molar-refractivity contribution is 5.29. The van der Waals surface area contributed by atoms with Crippen LogP contribution in [0.2, 0.25) is 0 Å². The third-order valence-corrected chi connectivity index (χ3v) is 2.80. The predicted molar refractivity (Wildman–Crippen MR) is 79.3 cm³/mol. The zero-order valence-electron chi connectivity index (χ0n) is 12.0. The highest BCUT2D eigenvalue weighted by Crippen LogP contribution is 2.12. The van der Waals surface area contributed by atoms with Crippen LogP contribution in [0.3, 0.4) is 0 Å². The third kappa shape index (κ3) is 4.81. The van der Waals surface area contributed by atoms with Crippen LogP contribution in [0.15, 0.2) is 36.7 Å². The highest BCUT2D eigenvalue weighted by Gasteiger charge is 2.04. The van der Waals surface area contributed by atoms with E-state index in [0.29, 0.717) is 6.42 Å². The Morgan fingerprint density at radius 2 is 1.86 bits per heavy atom. The van der Waals surface area contributed by atoms with Gasteiger partial charge < -0.3 is 4.90 Å². The topological polar surface area (TPSA) is 84.2 Å². The van der Waals surface area contributed by atoms with E-state index in [1.807, 2.05) is 31.7 Å². The summed E-state index contributed by atoms with van der Waals surface area (Å²) in [5, 5.41) is 9.60. The van der Waals surface area contributed by atoms with Crippen molar-refractivity contribution in [1.82, 2.24) is 14.9 Å². The summed E-state index contributed by atoms with van der Waals surface area (Å²) in [6.45, 7) is 0.885. The zero-order chi connectivity index (χ0) is 15.2. The molecular weight excluding hydrogens is 270 g/mol. The average Bonchev–Trinajstić information content (AvgIpc) is 2.40. The van der Waals surface area contributed by atoms with Gasteiger partial charge in [-0.2, -0.15) is 0 Å². The van der Waals surface area contributed by atoms with E-state index in [2.05, 4.69) is 27.0 Å². The molecule has 0 saturated heterocycles. The van der Waals surface area contributed by atoms with Gasteiger partial charge in [-0.15, -0.1) is 0 Å². The summed E-state index contributed by atoms with van der Waals surface area (Å²) >= 11 is 0. The quantitative estimate of drug-likeness (QED) is 0.643. The van der Waals surface area contributed by atoms with Crippen LogP contribution in [0.25, 0.3) is 0 Å². The second-order valence-corrected chi connectivity index (χ2v) is 5.02. The molecule has 2 rings (SSSR count). The molecule has 0 aliphatic rings. The Labute approximate surface area is 122 Å². The van der Waals surface area contributed by atoms with Gasteiger partial charge in [0.15, 0.2) is 5.03 Å². The smallest absolute Gasteiger partial charge is 0.284 e. The van der Waals surface area contributed by atoms with Crippen LogP contribution in [0.5, 0.6) is 0 Å². The highest BCUT2D eigenvalue weighted by atomic mass is 16.7. The maximum absolute atomic E-state index is 10.3. The molecule has 1 N–H and O–H groups in total. The minimum absolute atomic E-state index is 0.00916. The minimum atomic E-state index is -0.681. The number of anilines is 1. The van der Waals surface area contributed by atoms with Crippen LogP contribution < -0.4 is 5.43 Å². The van der Waals surface area contributed by atoms with E-state index in [-0.39, 0.29) is 5.95 Å². The first kappa shape index (κ1) is 14.9. The van der Waals surface area contributed by atoms with Gasteiger partial charge in [0.1, 0.15) is 0 Å². The van der Waals surface area contributed by atoms with Crippen molar-refractivity contribution in [3.63, 3.8) is 0 Å². The lowest BCUT2D eigenvalue weighted by atomic mass is 10.0. The van der Waals surface area contributed by atoms with Crippen LogP contribution in [0.4, 0.5) is 5.95 Å². The van der Waals surface area contributed by atoms with E-state index in [1.165, 1.54) is 5.56 Å². The van der Waals surface area contributed by atoms with Gasteiger partial charge in [-0.25, -0.2) is 20.1 Å². The second-order valence-electron chi connectivity index (χ2n) is 5.02. The molecule has 0 aliphatic heterocycles. The number of rotatable bonds is 6. The van der Waals surface area contributed by atoms with E-state index in [9.17, 15) is 10.1 Å². The molecular formula is C14H17N5O2. The fraction of sp³-hybridized carbons (Fsp3) is 0.286. The van der Waals surface area contributed by atoms with E-state index in [1.54, 1.807) is 12.4 Å². The van der Waals surface area contributed by atoms with Crippen molar-refractivity contribution < 1.29 is 5.03 Å². The van der Waals surface area contributed by atoms with E-state index < -0.39 is 5.03 Å². The monoisotopic (exact) mass is 287 g/mol. The number of hydrogen-bond donors (Lipinski definition) is 1. The normalized spacial score (nSPS) is 10.6. The van der Waals surface area contributed by atoms with Crippen molar-refractivity contribution in [2.75, 3.05) is 19.5 Å². The van der Waals surface area contributed by atoms with Gasteiger partial charge >= 0.3 is 0 Å². The lowest BCUT2D eigenvalue weighted by molar-refractivity contribution is -0.446. The Balaban J connectivity index is 2.05. The van der Waals surface area contributed by atoms with Crippen LogP contribution in [0, 0.1) is 10.1 Å². The first-order chi connectivity index (χ1) is 10.0. The molecule has 0 fully saturated rings. The Morgan fingerprint density at radius 1 is 1.19 bits per heavy atom. The molecule has 21 heavy (non-hydrogen) atoms. The summed E-state index contributed by atoms with van der Waals surface area (Å²) in [4.78, 5) is 20.2. The molecule has 0 amide bonds. The number of nitrogens with zero attached hydrogens (tertiary/aromatic N) is 4. The summed E-state index contributed by atoms with van der Waals surface area (Å²) in [6, 6.07) is 8.30. The van der Waals surface area contributed by atoms with Gasteiger partial charge in [0.2, 0.25) is 0 Å². The molecule has 0 radical (unpaired) electrons. The Bertz CT molecular complexity index is 613. The van der Waals surface area contributed by atoms with Crippen LogP contribution >= 0.6 is 0 Å². The van der Waals surface area contributed by atoms with Crippen molar-refractivity contribution in [2.24, 2.45) is 0 Å². The molecule has 0 bridgehead atoms. The number of nitrogens with one attached hydrogen (secondary N) is 1. The molecule has 1 aromatic heterocycles. The average molecular weight is 287 g/mol. The Morgan fingerprint density at radius 3 is 2.48 bits per heavy atom. The number of benzene rings is 1. The molecule has 0 aliphatic carbocycles. The lowest BCUT2D eigenvalue weighted by Gasteiger charge is -2.10. The van der Waals surface area contributed by atoms with Gasteiger partial charge in [0.25, 0.3) is 5.95 Å². The van der Waals surface area contributed by atoms with Crippen molar-refractivity contribution in [3.8, 4) is 0 Å². The fourth-order valence-electron chi connectivity index (χ4n) is 2.02. The molecule has 0 saturated carbocycles. The van der Waals surface area contributed by atoms with E-state index in [0.717, 1.165) is 17.7 Å². The molecule has 1 aromatic carbocycles. The van der Waals surface area contributed by atoms with Crippen LogP contribution in [0.1, 0.15) is 16.7 Å². The van der Waals surface area contributed by atoms with E-state index >= 15 is 0 Å². The third-order valence-electron chi connectivity index (χ3n) is 2.80. The molecule has 0 spiro atoms. The van der Waals surface area contributed by atoms with Gasteiger partial charge in [-0.3, -0.25) is 0 Å². The summed E-state index contributed by atoms with van der Waals surface area (Å²) < 4.78 is 0. The van der Waals surface area contributed by atoms with Gasteiger partial charge in [0, 0.05) is 25.4 Å². The number of hydrogen-bond acceptors (Lipinski definition) is 5. The molecule has 0 atom stereocenters. The summed E-state index contributed by atoms with van der Waals surface area (Å²) in [6.07, 6.45) is 3.88. The molecule has 7 heteroatoms. The SMILES string of the molecule is CN(C)Cc1cccc(Cc2cnc(N[N+](=O)[O-])nc2)c1. The largest absolute Gasteiger partial charge is 0.305 e. The molecule has 110 valence electrons. The molecule has 1 heterocycles. The minimum Gasteiger partial charge on any atom is -0.305 e. The maximum atomic E-state index is 10.3. The maximum Gasteiger partial charge on any atom is 0.284 e. The fourth-order valence-corrected chi connectivity index (χ4v) is 2.02. The molecule has 7 nitrogen and oxygen atoms in total. The second kappa shape index (κ2) is 6.76. The summed E-state index contributed by atoms with van der Waals surface area (Å²) in [5.74, 6) is -0.00916. The standard InChI is InChI=1S/C14H17N5O2/c1-18(2)10-12-5-3-4-11(6-12)7-13-8-15-14(16-9-13)17-19(20)21/h3-6,8-9H,7,10H2,1-2H3,(H,15,16,17). The predicted octanol–water partition coefficient (Wildman–Crippen LogP) is 1.73. The van der Waals surface area contributed by atoms with Gasteiger partial charge in [0.05, 0.1) is 0 Å². The molecule has 0 unspecified atom stereocenters. The summed E-state index contributed by atoms with van der Waals surface area (Å²) in [5.41, 5.74) is 5.23. The van der Waals surface area contributed by atoms with Crippen molar-refractivity contribution in [3.05, 3.63) is 63.5 Å². The van der Waals surface area contributed by atoms with Gasteiger partial charge in [-0.05, 0) is 30.8 Å². The number of nitro groups is 1. The summed E-state index contributed by atoms with van der Waals surface area (Å²) in [7, 11) is 4.06. The Kier molecular flexibility index (Phi) is 4.78. The first-order valence-corrected chi connectivity index (χ1v) is 6.47. The number of hydrazine groups is 1. The van der Waals surface area contributed by atoms with Crippen molar-refractivity contribution in [2.45, 2.75) is 13.0 Å². The van der Waals surface area contributed by atoms with Crippen molar-refractivity contribution in [1.29, 1.82) is 0 Å².